The topological polar surface area (TPSA) is 80.6 Å². The first-order valence-electron chi connectivity index (χ1n) is 6.15. The second-order valence-electron chi connectivity index (χ2n) is 4.47. The molecule has 0 saturated carbocycles. The molecule has 1 heterocycles. The summed E-state index contributed by atoms with van der Waals surface area (Å²) in [6.07, 6.45) is 1.79. The van der Waals surface area contributed by atoms with Crippen molar-refractivity contribution in [2.75, 3.05) is 13.7 Å². The van der Waals surface area contributed by atoms with Gasteiger partial charge in [0.05, 0.1) is 12.5 Å². The number of methoxy groups -OCH3 is 1. The molecule has 0 saturated heterocycles. The summed E-state index contributed by atoms with van der Waals surface area (Å²) in [5, 5.41) is 11.6. The van der Waals surface area contributed by atoms with Gasteiger partial charge in [-0.3, -0.25) is 9.59 Å². The van der Waals surface area contributed by atoms with Crippen molar-refractivity contribution in [2.45, 2.75) is 26.4 Å². The molecule has 0 aliphatic heterocycles. The maximum Gasteiger partial charge on any atom is 0.308 e. The maximum absolute atomic E-state index is 12.1. The number of carbonyl (C=O) groups is 2. The number of nitrogens with zero attached hydrogens (tertiary/aromatic N) is 1. The molecule has 2 N–H and O–H groups in total. The van der Waals surface area contributed by atoms with E-state index in [-0.39, 0.29) is 5.91 Å². The van der Waals surface area contributed by atoms with E-state index in [1.54, 1.807) is 43.9 Å². The highest BCUT2D eigenvalue weighted by atomic mass is 16.5. The predicted molar refractivity (Wildman–Crippen MR) is 70.0 cm³/mol. The van der Waals surface area contributed by atoms with E-state index in [0.717, 1.165) is 0 Å². The number of carboxylic acids is 1. The van der Waals surface area contributed by atoms with E-state index in [0.29, 0.717) is 18.8 Å². The number of hydrogen-bond acceptors (Lipinski definition) is 3. The summed E-state index contributed by atoms with van der Waals surface area (Å²) in [5.41, 5.74) is 0.501. The Bertz CT molecular complexity index is 442. The van der Waals surface area contributed by atoms with Crippen molar-refractivity contribution in [3.05, 3.63) is 24.0 Å². The molecule has 6 nitrogen and oxygen atoms in total. The quantitative estimate of drug-likeness (QED) is 0.772. The number of carboxylic acid groups (broad SMARTS) is 1. The van der Waals surface area contributed by atoms with Gasteiger partial charge in [-0.05, 0) is 26.0 Å². The van der Waals surface area contributed by atoms with E-state index < -0.39 is 17.9 Å². The number of rotatable bonds is 7. The predicted octanol–water partition coefficient (Wildman–Crippen LogP) is 0.973. The van der Waals surface area contributed by atoms with Crippen LogP contribution in [-0.2, 0) is 16.1 Å². The molecular weight excluding hydrogens is 248 g/mol. The summed E-state index contributed by atoms with van der Waals surface area (Å²) in [7, 11) is 1.60. The van der Waals surface area contributed by atoms with Crippen LogP contribution in [0, 0.1) is 5.92 Å². The van der Waals surface area contributed by atoms with E-state index in [4.69, 9.17) is 9.84 Å². The van der Waals surface area contributed by atoms with Crippen molar-refractivity contribution in [3.63, 3.8) is 0 Å². The fraction of sp³-hybridized carbons (Fsp3) is 0.538. The molecule has 0 aliphatic rings. The summed E-state index contributed by atoms with van der Waals surface area (Å²) in [4.78, 5) is 22.9. The van der Waals surface area contributed by atoms with Crippen LogP contribution in [0.25, 0.3) is 0 Å². The normalized spacial score (nSPS) is 13.8. The van der Waals surface area contributed by atoms with E-state index in [1.165, 1.54) is 0 Å². The molecule has 0 spiro atoms. The molecule has 2 atom stereocenters. The second kappa shape index (κ2) is 6.94. The summed E-state index contributed by atoms with van der Waals surface area (Å²) in [6, 6.07) is 3.04. The fourth-order valence-corrected chi connectivity index (χ4v) is 1.62. The number of ether oxygens (including phenoxy) is 1. The fourth-order valence-electron chi connectivity index (χ4n) is 1.62. The first kappa shape index (κ1) is 15.2. The van der Waals surface area contributed by atoms with Crippen molar-refractivity contribution in [2.24, 2.45) is 5.92 Å². The minimum Gasteiger partial charge on any atom is -0.481 e. The summed E-state index contributed by atoms with van der Waals surface area (Å²) in [6.45, 7) is 4.33. The monoisotopic (exact) mass is 268 g/mol. The van der Waals surface area contributed by atoms with Crippen LogP contribution >= 0.6 is 0 Å². The highest BCUT2D eigenvalue weighted by Gasteiger charge is 2.22. The van der Waals surface area contributed by atoms with Crippen molar-refractivity contribution in [3.8, 4) is 0 Å². The highest BCUT2D eigenvalue weighted by molar-refractivity contribution is 5.93. The third kappa shape index (κ3) is 4.10. The Morgan fingerprint density at radius 2 is 2.16 bits per heavy atom. The molecule has 0 bridgehead atoms. The maximum atomic E-state index is 12.1. The second-order valence-corrected chi connectivity index (χ2v) is 4.47. The van der Waals surface area contributed by atoms with Gasteiger partial charge in [-0.15, -0.1) is 0 Å². The Kier molecular flexibility index (Phi) is 5.57. The largest absolute Gasteiger partial charge is 0.481 e. The molecule has 0 aromatic carbocycles. The van der Waals surface area contributed by atoms with Crippen molar-refractivity contribution in [1.29, 1.82) is 0 Å². The minimum absolute atomic E-state index is 0.276. The molecule has 2 unspecified atom stereocenters. The number of aliphatic carboxylic acids is 1. The van der Waals surface area contributed by atoms with Gasteiger partial charge < -0.3 is 19.7 Å². The smallest absolute Gasteiger partial charge is 0.308 e. The van der Waals surface area contributed by atoms with Gasteiger partial charge in [-0.1, -0.05) is 0 Å². The molecule has 106 valence electrons. The molecule has 1 aromatic rings. The van der Waals surface area contributed by atoms with Crippen LogP contribution < -0.4 is 5.32 Å². The number of carbonyl (C=O) groups excluding carboxylic acids is 1. The lowest BCUT2D eigenvalue weighted by atomic mass is 10.0. The van der Waals surface area contributed by atoms with Gasteiger partial charge in [0.15, 0.2) is 0 Å². The van der Waals surface area contributed by atoms with Crippen LogP contribution in [0.3, 0.4) is 0 Å². The van der Waals surface area contributed by atoms with Crippen molar-refractivity contribution in [1.82, 2.24) is 9.88 Å². The van der Waals surface area contributed by atoms with Gasteiger partial charge in [0.1, 0.15) is 5.69 Å². The lowest BCUT2D eigenvalue weighted by molar-refractivity contribution is -0.141. The van der Waals surface area contributed by atoms with E-state index in [1.807, 2.05) is 0 Å². The molecule has 6 heteroatoms. The van der Waals surface area contributed by atoms with Crippen LogP contribution in [0.4, 0.5) is 0 Å². The third-order valence-corrected chi connectivity index (χ3v) is 3.10. The van der Waals surface area contributed by atoms with E-state index >= 15 is 0 Å². The van der Waals surface area contributed by atoms with Gasteiger partial charge >= 0.3 is 5.97 Å². The SMILES string of the molecule is COCCn1cccc1C(=O)NC(C)C(C)C(=O)O. The molecule has 0 fully saturated rings. The molecule has 0 radical (unpaired) electrons. The Balaban J connectivity index is 2.68. The Morgan fingerprint density at radius 3 is 2.74 bits per heavy atom. The van der Waals surface area contributed by atoms with Crippen molar-refractivity contribution >= 4 is 11.9 Å². The average molecular weight is 268 g/mol. The molecular formula is C13H20N2O4. The number of aromatic nitrogens is 1. The van der Waals surface area contributed by atoms with Crippen LogP contribution in [-0.4, -0.2) is 41.3 Å². The van der Waals surface area contributed by atoms with Gasteiger partial charge in [-0.2, -0.15) is 0 Å². The summed E-state index contributed by atoms with van der Waals surface area (Å²) in [5.74, 6) is -1.84. The minimum atomic E-state index is -0.928. The Labute approximate surface area is 112 Å². The first-order chi connectivity index (χ1) is 8.97. The van der Waals surface area contributed by atoms with Gasteiger partial charge in [0, 0.05) is 25.9 Å². The standard InChI is InChI=1S/C13H20N2O4/c1-9(13(17)18)10(2)14-12(16)11-5-4-6-15(11)7-8-19-3/h4-6,9-10H,7-8H2,1-3H3,(H,14,16)(H,17,18). The zero-order chi connectivity index (χ0) is 14.4. The van der Waals surface area contributed by atoms with Gasteiger partial charge in [-0.25, -0.2) is 0 Å². The van der Waals surface area contributed by atoms with Crippen LogP contribution in [0.2, 0.25) is 0 Å². The average Bonchev–Trinajstić information content (AvgIpc) is 2.83. The number of nitrogens with one attached hydrogen (secondary N) is 1. The Hall–Kier alpha value is -1.82. The molecule has 1 amide bonds. The molecule has 1 aromatic heterocycles. The first-order valence-corrected chi connectivity index (χ1v) is 6.15. The molecule has 0 aliphatic carbocycles. The Morgan fingerprint density at radius 1 is 1.47 bits per heavy atom. The zero-order valence-electron chi connectivity index (χ0n) is 11.4. The third-order valence-electron chi connectivity index (χ3n) is 3.10. The van der Waals surface area contributed by atoms with Crippen LogP contribution in [0.5, 0.6) is 0 Å². The lowest BCUT2D eigenvalue weighted by Crippen LogP contribution is -2.40. The number of hydrogen-bond donors (Lipinski definition) is 2. The van der Waals surface area contributed by atoms with Gasteiger partial charge in [0.25, 0.3) is 5.91 Å². The van der Waals surface area contributed by atoms with E-state index in [2.05, 4.69) is 5.32 Å². The van der Waals surface area contributed by atoms with Gasteiger partial charge in [0.2, 0.25) is 0 Å². The zero-order valence-corrected chi connectivity index (χ0v) is 11.4. The summed E-state index contributed by atoms with van der Waals surface area (Å²) >= 11 is 0. The number of amides is 1. The molecule has 19 heavy (non-hydrogen) atoms. The summed E-state index contributed by atoms with van der Waals surface area (Å²) < 4.78 is 6.75. The van der Waals surface area contributed by atoms with Crippen LogP contribution in [0.15, 0.2) is 18.3 Å². The van der Waals surface area contributed by atoms with Crippen LogP contribution in [0.1, 0.15) is 24.3 Å². The van der Waals surface area contributed by atoms with Crippen molar-refractivity contribution < 1.29 is 19.4 Å². The van der Waals surface area contributed by atoms with E-state index in [9.17, 15) is 9.59 Å². The molecule has 1 rings (SSSR count). The lowest BCUT2D eigenvalue weighted by Gasteiger charge is -2.18. The highest BCUT2D eigenvalue weighted by Crippen LogP contribution is 2.06.